The Kier molecular flexibility index (Phi) is 6.36. The highest BCUT2D eigenvalue weighted by molar-refractivity contribution is 8.40. The molecule has 0 amide bonds. The van der Waals surface area contributed by atoms with Gasteiger partial charge in [-0.3, -0.25) is 14.3 Å². The van der Waals surface area contributed by atoms with E-state index < -0.39 is 63.3 Å². The summed E-state index contributed by atoms with van der Waals surface area (Å²) in [6, 6.07) is -1.08. The number of nitrogens with one attached hydrogen (secondary N) is 1. The molecule has 0 saturated carbocycles. The van der Waals surface area contributed by atoms with Crippen molar-refractivity contribution in [3.8, 4) is 0 Å². The summed E-state index contributed by atoms with van der Waals surface area (Å²) in [6.07, 6.45) is -2.13. The molecule has 1 aromatic heterocycles. The van der Waals surface area contributed by atoms with Gasteiger partial charge in [0.2, 0.25) is 0 Å². The number of rotatable bonds is 4. The summed E-state index contributed by atoms with van der Waals surface area (Å²) < 4.78 is 66.5. The van der Waals surface area contributed by atoms with Gasteiger partial charge in [-0.25, -0.2) is 13.9 Å². The molecule has 2 fully saturated rings. The zero-order valence-corrected chi connectivity index (χ0v) is 18.8. The van der Waals surface area contributed by atoms with Crippen LogP contribution in [0.3, 0.4) is 0 Å². The first-order valence-corrected chi connectivity index (χ1v) is 14.2. The van der Waals surface area contributed by atoms with Crippen LogP contribution < -0.4 is 11.2 Å². The second kappa shape index (κ2) is 8.03. The first-order chi connectivity index (χ1) is 14.1. The van der Waals surface area contributed by atoms with Gasteiger partial charge in [-0.2, -0.15) is 8.78 Å². The zero-order valence-electron chi connectivity index (χ0n) is 15.3. The van der Waals surface area contributed by atoms with Gasteiger partial charge in [0.05, 0.1) is 6.04 Å². The Balaban J connectivity index is 1.92. The molecule has 5 atom stereocenters. The van der Waals surface area contributed by atoms with Crippen LogP contribution in [-0.4, -0.2) is 43.1 Å². The largest absolute Gasteiger partial charge is 0.491 e. The topological polar surface area (TPSA) is 206 Å². The van der Waals surface area contributed by atoms with Gasteiger partial charge in [0.15, 0.2) is 6.92 Å². The Bertz CT molecular complexity index is 1140. The quantitative estimate of drug-likeness (QED) is 0.172. The lowest BCUT2D eigenvalue weighted by Gasteiger charge is -2.39. The first kappa shape index (κ1) is 24.5. The van der Waals surface area contributed by atoms with Gasteiger partial charge < -0.3 is 26.8 Å². The molecule has 2 aliphatic heterocycles. The van der Waals surface area contributed by atoms with Crippen LogP contribution in [0.15, 0.2) is 20.9 Å². The molecule has 14 nitrogen and oxygen atoms in total. The number of alkyl halides is 2. The van der Waals surface area contributed by atoms with E-state index in [4.69, 9.17) is 22.5 Å². The van der Waals surface area contributed by atoms with E-state index in [9.17, 15) is 37.3 Å². The molecule has 3 N–H and O–H groups in total. The minimum absolute atomic E-state index is 0.140. The smallest absolute Gasteiger partial charge is 0.449 e. The molecule has 3 heterocycles. The molecule has 2 saturated heterocycles. The van der Waals surface area contributed by atoms with Crippen LogP contribution in [0, 0.1) is 6.92 Å². The molecule has 0 aromatic carbocycles. The number of H-pyrrole nitrogens is 1. The van der Waals surface area contributed by atoms with Crippen molar-refractivity contribution in [2.45, 2.75) is 37.1 Å². The number of aromatic amines is 1. The number of hydrogen-bond donors (Lipinski definition) is 3. The van der Waals surface area contributed by atoms with Crippen molar-refractivity contribution in [1.82, 2.24) is 9.55 Å². The summed E-state index contributed by atoms with van der Waals surface area (Å²) in [6.45, 7) is -2.91. The number of aryl methyl sites for hydroxylation is 1. The lowest BCUT2D eigenvalue weighted by Crippen LogP contribution is -2.34. The second-order valence-electron chi connectivity index (χ2n) is 6.62. The fourth-order valence-electron chi connectivity index (χ4n) is 2.94. The molecule has 0 aliphatic carbocycles. The number of aromatic nitrogens is 2. The first-order valence-electron chi connectivity index (χ1n) is 8.19. The molecule has 0 radical (unpaired) electrons. The third-order valence-electron chi connectivity index (χ3n) is 4.41. The fourth-order valence-corrected chi connectivity index (χ4v) is 12.1. The molecule has 20 heteroatoms. The lowest BCUT2D eigenvalue weighted by molar-refractivity contribution is 0.00608. The molecule has 1 aromatic rings. The molecular weight excluding hydrogens is 509 g/mol. The molecule has 2 aliphatic rings. The maximum atomic E-state index is 13.7. The monoisotopic (exact) mass is 523 g/mol. The van der Waals surface area contributed by atoms with Crippen molar-refractivity contribution in [3.05, 3.63) is 43.0 Å². The highest BCUT2D eigenvalue weighted by Gasteiger charge is 2.76. The van der Waals surface area contributed by atoms with E-state index in [2.05, 4.69) is 18.6 Å². The molecule has 31 heavy (non-hydrogen) atoms. The summed E-state index contributed by atoms with van der Waals surface area (Å²) in [4.78, 5) is 47.2. The van der Waals surface area contributed by atoms with Crippen molar-refractivity contribution in [1.29, 1.82) is 0 Å². The number of azide groups is 1. The van der Waals surface area contributed by atoms with Gasteiger partial charge in [-0.15, -0.1) is 8.62 Å². The van der Waals surface area contributed by atoms with Crippen LogP contribution in [0.5, 0.6) is 0 Å². The average Bonchev–Trinajstić information content (AvgIpc) is 2.97. The zero-order chi connectivity index (χ0) is 23.4. The summed E-state index contributed by atoms with van der Waals surface area (Å²) in [5, 5.41) is -1.63. The highest BCUT2D eigenvalue weighted by Crippen LogP contribution is 2.91. The molecule has 0 bridgehead atoms. The average molecular weight is 523 g/mol. The summed E-state index contributed by atoms with van der Waals surface area (Å²) in [7, 11) is -12.0. The Morgan fingerprint density at radius 2 is 2.00 bits per heavy atom. The number of halogens is 2. The molecule has 3 rings (SSSR count). The van der Waals surface area contributed by atoms with E-state index in [1.807, 2.05) is 4.98 Å². The van der Waals surface area contributed by atoms with Gasteiger partial charge in [0, 0.05) is 23.1 Å². The van der Waals surface area contributed by atoms with E-state index in [1.165, 1.54) is 13.1 Å². The molecule has 172 valence electrons. The van der Waals surface area contributed by atoms with Crippen molar-refractivity contribution in [2.75, 3.05) is 6.16 Å². The fraction of sp³-hybridized carbons (Fsp3) is 0.636. The summed E-state index contributed by atoms with van der Waals surface area (Å²) >= 11 is 4.88. The minimum atomic E-state index is -6.00. The van der Waals surface area contributed by atoms with Crippen LogP contribution in [0.25, 0.3) is 10.4 Å². The molecule has 2 unspecified atom stereocenters. The van der Waals surface area contributed by atoms with E-state index in [0.29, 0.717) is 0 Å². The van der Waals surface area contributed by atoms with E-state index in [0.717, 1.165) is 4.57 Å². The maximum Gasteiger partial charge on any atom is 0.449 e. The van der Waals surface area contributed by atoms with Crippen molar-refractivity contribution >= 4 is 34.4 Å². The summed E-state index contributed by atoms with van der Waals surface area (Å²) in [5.74, 6) is 0. The number of hydrogen-bond acceptors (Lipinski definition) is 9. The normalized spacial score (nSPS) is 39.7. The second-order valence-corrected chi connectivity index (χ2v) is 14.7. The SMILES string of the molecule is Cc1cn([C@H]2C[C@H](N=[N+]=[N-])[C@@H](C[P+]3([S-])OP(=O)(O)C(F)(F)P(=O)(O)O3)O2)c(=O)[nH]c1=O. The molecular formula is C11H14F2N5O9P3S. The standard InChI is InChI=1S/C11H14F2N5O9P3S/c1-5-3-18(10(20)15-9(5)19)8-2-6(16-17-14)7(25-8)4-28(31)26-29(21,22)11(12,13)30(23,24)27-28/h3,6-8H,2,4H2,1H3,(H,21,22)(H,23,24)(H,15,19,20)/t6-,7+,8+/m0/s1. The van der Waals surface area contributed by atoms with Gasteiger partial charge in [-0.1, -0.05) is 5.11 Å². The Labute approximate surface area is 176 Å². The summed E-state index contributed by atoms with van der Waals surface area (Å²) in [5.41, 5.74) is 7.44. The van der Waals surface area contributed by atoms with Gasteiger partial charge in [0.1, 0.15) is 18.5 Å². The van der Waals surface area contributed by atoms with Gasteiger partial charge >= 0.3 is 26.3 Å². The predicted molar refractivity (Wildman–Crippen MR) is 103 cm³/mol. The minimum Gasteiger partial charge on any atom is -0.491 e. The van der Waals surface area contributed by atoms with Crippen LogP contribution in [0.1, 0.15) is 18.2 Å². The Hall–Kier alpha value is -1.11. The van der Waals surface area contributed by atoms with E-state index in [-0.39, 0.29) is 12.0 Å². The third kappa shape index (κ3) is 4.40. The number of nitrogens with zero attached hydrogens (tertiary/aromatic N) is 4. The van der Waals surface area contributed by atoms with Crippen LogP contribution in [0.2, 0.25) is 0 Å². The van der Waals surface area contributed by atoms with E-state index in [1.54, 1.807) is 0 Å². The number of ether oxygens (including phenoxy) is 1. The van der Waals surface area contributed by atoms with E-state index >= 15 is 0 Å². The third-order valence-corrected chi connectivity index (χ3v) is 13.5. The van der Waals surface area contributed by atoms with Crippen LogP contribution >= 0.6 is 22.1 Å². The lowest BCUT2D eigenvalue weighted by atomic mass is 10.1. The maximum absolute atomic E-state index is 13.7. The highest BCUT2D eigenvalue weighted by atomic mass is 32.7. The molecule has 0 spiro atoms. The van der Waals surface area contributed by atoms with Gasteiger partial charge in [0.25, 0.3) is 5.56 Å². The van der Waals surface area contributed by atoms with Crippen LogP contribution in [-0.2, 0) is 34.7 Å². The van der Waals surface area contributed by atoms with Crippen LogP contribution in [0.4, 0.5) is 8.78 Å². The Morgan fingerprint density at radius 1 is 1.42 bits per heavy atom. The van der Waals surface area contributed by atoms with Crippen molar-refractivity contribution in [3.63, 3.8) is 0 Å². The van der Waals surface area contributed by atoms with Crippen molar-refractivity contribution < 1.29 is 41.1 Å². The van der Waals surface area contributed by atoms with Crippen molar-refractivity contribution in [2.24, 2.45) is 5.11 Å². The predicted octanol–water partition coefficient (Wildman–Crippen LogP) is 2.09. The Morgan fingerprint density at radius 3 is 2.55 bits per heavy atom. The van der Waals surface area contributed by atoms with Gasteiger partial charge in [-0.05, 0) is 12.5 Å².